The van der Waals surface area contributed by atoms with E-state index in [1.165, 1.54) is 0 Å². The van der Waals surface area contributed by atoms with Gasteiger partial charge in [-0.25, -0.2) is 0 Å². The van der Waals surface area contributed by atoms with Crippen molar-refractivity contribution in [3.8, 4) is 5.75 Å². The molecule has 0 heterocycles. The second kappa shape index (κ2) is 6.03. The van der Waals surface area contributed by atoms with Crippen LogP contribution in [0.4, 0.5) is 0 Å². The van der Waals surface area contributed by atoms with Crippen LogP contribution in [0.5, 0.6) is 5.75 Å². The molecule has 0 aliphatic carbocycles. The fourth-order valence-electron chi connectivity index (χ4n) is 1.73. The summed E-state index contributed by atoms with van der Waals surface area (Å²) < 4.78 is 6.91. The fourth-order valence-corrected chi connectivity index (χ4v) is 2.12. The lowest BCUT2D eigenvalue weighted by Gasteiger charge is -2.12. The molecule has 0 fully saturated rings. The summed E-state index contributed by atoms with van der Waals surface area (Å²) in [5.74, 6) is 0.863. The Kier molecular flexibility index (Phi) is 4.39. The van der Waals surface area contributed by atoms with Crippen molar-refractivity contribution in [2.75, 3.05) is 0 Å². The first-order chi connectivity index (χ1) is 8.70. The quantitative estimate of drug-likeness (QED) is 0.932. The highest BCUT2D eigenvalue weighted by molar-refractivity contribution is 9.10. The van der Waals surface area contributed by atoms with E-state index in [4.69, 9.17) is 10.5 Å². The molecule has 0 saturated heterocycles. The van der Waals surface area contributed by atoms with Crippen LogP contribution < -0.4 is 10.5 Å². The molecule has 0 saturated carbocycles. The molecule has 0 unspecified atom stereocenters. The zero-order chi connectivity index (χ0) is 13.0. The lowest BCUT2D eigenvalue weighted by molar-refractivity contribution is 0.303. The van der Waals surface area contributed by atoms with Crippen molar-refractivity contribution in [3.63, 3.8) is 0 Å². The molecule has 0 aliphatic heterocycles. The van der Waals surface area contributed by atoms with E-state index in [2.05, 4.69) is 15.9 Å². The van der Waals surface area contributed by atoms with Crippen molar-refractivity contribution in [2.45, 2.75) is 20.1 Å². The Morgan fingerprint density at radius 1 is 1.17 bits per heavy atom. The number of halogens is 1. The van der Waals surface area contributed by atoms with Crippen LogP contribution in [-0.2, 0) is 13.2 Å². The van der Waals surface area contributed by atoms with Gasteiger partial charge in [-0.15, -0.1) is 0 Å². The summed E-state index contributed by atoms with van der Waals surface area (Å²) >= 11 is 3.51. The van der Waals surface area contributed by atoms with E-state index in [0.717, 1.165) is 26.9 Å². The largest absolute Gasteiger partial charge is 0.489 e. The molecule has 0 bridgehead atoms. The zero-order valence-electron chi connectivity index (χ0n) is 10.3. The van der Waals surface area contributed by atoms with E-state index in [0.29, 0.717) is 13.2 Å². The Morgan fingerprint density at radius 2 is 1.89 bits per heavy atom. The average molecular weight is 306 g/mol. The molecule has 2 aromatic carbocycles. The van der Waals surface area contributed by atoms with Crippen molar-refractivity contribution < 1.29 is 4.74 Å². The number of benzene rings is 2. The predicted octanol–water partition coefficient (Wildman–Crippen LogP) is 3.80. The highest BCUT2D eigenvalue weighted by Crippen LogP contribution is 2.27. The van der Waals surface area contributed by atoms with Crippen molar-refractivity contribution in [2.24, 2.45) is 5.73 Å². The summed E-state index contributed by atoms with van der Waals surface area (Å²) in [4.78, 5) is 0. The first-order valence-corrected chi connectivity index (χ1v) is 6.66. The van der Waals surface area contributed by atoms with Gasteiger partial charge in [-0.1, -0.05) is 46.3 Å². The molecule has 2 N–H and O–H groups in total. The summed E-state index contributed by atoms with van der Waals surface area (Å²) in [6, 6.07) is 14.2. The zero-order valence-corrected chi connectivity index (χ0v) is 11.9. The van der Waals surface area contributed by atoms with E-state index in [-0.39, 0.29) is 0 Å². The molecule has 0 spiro atoms. The minimum atomic E-state index is 0.475. The van der Waals surface area contributed by atoms with Gasteiger partial charge in [0.25, 0.3) is 0 Å². The van der Waals surface area contributed by atoms with Crippen molar-refractivity contribution >= 4 is 15.9 Å². The number of rotatable bonds is 4. The van der Waals surface area contributed by atoms with E-state index < -0.39 is 0 Å². The van der Waals surface area contributed by atoms with Gasteiger partial charge in [0.2, 0.25) is 0 Å². The molecule has 2 rings (SSSR count). The highest BCUT2D eigenvalue weighted by atomic mass is 79.9. The van der Waals surface area contributed by atoms with Crippen molar-refractivity contribution in [3.05, 3.63) is 63.6 Å². The van der Waals surface area contributed by atoms with Gasteiger partial charge < -0.3 is 10.5 Å². The third-order valence-electron chi connectivity index (χ3n) is 2.80. The summed E-state index contributed by atoms with van der Waals surface area (Å²) in [5, 5.41) is 0. The van der Waals surface area contributed by atoms with Crippen LogP contribution in [0.25, 0.3) is 0 Å². The third-order valence-corrected chi connectivity index (χ3v) is 3.65. The lowest BCUT2D eigenvalue weighted by Crippen LogP contribution is -2.03. The monoisotopic (exact) mass is 305 g/mol. The minimum Gasteiger partial charge on any atom is -0.489 e. The number of nitrogens with two attached hydrogens (primary N) is 1. The van der Waals surface area contributed by atoms with Crippen LogP contribution >= 0.6 is 15.9 Å². The second-order valence-corrected chi connectivity index (χ2v) is 5.04. The Balaban J connectivity index is 2.16. The van der Waals surface area contributed by atoms with Gasteiger partial charge in [-0.3, -0.25) is 0 Å². The van der Waals surface area contributed by atoms with E-state index >= 15 is 0 Å². The van der Waals surface area contributed by atoms with E-state index in [9.17, 15) is 0 Å². The third kappa shape index (κ3) is 3.12. The molecule has 0 aliphatic rings. The first kappa shape index (κ1) is 13.1. The van der Waals surface area contributed by atoms with Gasteiger partial charge in [0.05, 0.1) is 0 Å². The van der Waals surface area contributed by atoms with Crippen molar-refractivity contribution in [1.29, 1.82) is 0 Å². The SMILES string of the molecule is Cc1cc(OCc2ccccc2)c(CN)cc1Br. The fraction of sp³-hybridized carbons (Fsp3) is 0.200. The summed E-state index contributed by atoms with van der Waals surface area (Å²) in [6.45, 7) is 3.08. The minimum absolute atomic E-state index is 0.475. The summed E-state index contributed by atoms with van der Waals surface area (Å²) in [5.41, 5.74) is 9.06. The summed E-state index contributed by atoms with van der Waals surface area (Å²) in [7, 11) is 0. The molecular formula is C15H16BrNO. The van der Waals surface area contributed by atoms with Gasteiger partial charge in [0.15, 0.2) is 0 Å². The van der Waals surface area contributed by atoms with Crippen molar-refractivity contribution in [1.82, 2.24) is 0 Å². The topological polar surface area (TPSA) is 35.2 Å². The summed E-state index contributed by atoms with van der Waals surface area (Å²) in [6.07, 6.45) is 0. The Morgan fingerprint density at radius 3 is 2.56 bits per heavy atom. The van der Waals surface area contributed by atoms with Gasteiger partial charge in [0, 0.05) is 16.6 Å². The molecule has 0 aromatic heterocycles. The molecule has 18 heavy (non-hydrogen) atoms. The van der Waals surface area contributed by atoms with Crippen LogP contribution in [0.3, 0.4) is 0 Å². The molecule has 0 amide bonds. The molecule has 94 valence electrons. The van der Waals surface area contributed by atoms with Gasteiger partial charge in [0.1, 0.15) is 12.4 Å². The second-order valence-electron chi connectivity index (χ2n) is 4.19. The highest BCUT2D eigenvalue weighted by Gasteiger charge is 2.06. The maximum Gasteiger partial charge on any atom is 0.124 e. The maximum atomic E-state index is 5.85. The lowest BCUT2D eigenvalue weighted by atomic mass is 10.1. The van der Waals surface area contributed by atoms with Gasteiger partial charge in [-0.2, -0.15) is 0 Å². The van der Waals surface area contributed by atoms with Crippen LogP contribution in [0, 0.1) is 6.92 Å². The number of ether oxygens (including phenoxy) is 1. The molecular weight excluding hydrogens is 290 g/mol. The number of aryl methyl sites for hydroxylation is 1. The average Bonchev–Trinajstić information content (AvgIpc) is 2.41. The van der Waals surface area contributed by atoms with Gasteiger partial charge >= 0.3 is 0 Å². The normalized spacial score (nSPS) is 10.4. The van der Waals surface area contributed by atoms with Crippen LogP contribution in [0.1, 0.15) is 16.7 Å². The number of hydrogen-bond acceptors (Lipinski definition) is 2. The van der Waals surface area contributed by atoms with E-state index in [1.807, 2.05) is 49.4 Å². The van der Waals surface area contributed by atoms with Crippen LogP contribution in [0.15, 0.2) is 46.9 Å². The molecule has 2 nitrogen and oxygen atoms in total. The smallest absolute Gasteiger partial charge is 0.124 e. The molecule has 2 aromatic rings. The predicted molar refractivity (Wildman–Crippen MR) is 77.5 cm³/mol. The first-order valence-electron chi connectivity index (χ1n) is 5.86. The molecule has 0 atom stereocenters. The Labute approximate surface area is 116 Å². The number of hydrogen-bond donors (Lipinski definition) is 1. The van der Waals surface area contributed by atoms with Crippen LogP contribution in [-0.4, -0.2) is 0 Å². The van der Waals surface area contributed by atoms with E-state index in [1.54, 1.807) is 0 Å². The Hall–Kier alpha value is -1.32. The van der Waals surface area contributed by atoms with Crippen LogP contribution in [0.2, 0.25) is 0 Å². The molecule has 0 radical (unpaired) electrons. The maximum absolute atomic E-state index is 5.85. The Bertz CT molecular complexity index is 526. The van der Waals surface area contributed by atoms with Gasteiger partial charge in [-0.05, 0) is 30.2 Å². The molecule has 3 heteroatoms. The standard InChI is InChI=1S/C15H16BrNO/c1-11-7-15(13(9-17)8-14(11)16)18-10-12-5-3-2-4-6-12/h2-8H,9-10,17H2,1H3.